The smallest absolute Gasteiger partial charge is 0.214 e. The van der Waals surface area contributed by atoms with Gasteiger partial charge in [0.15, 0.2) is 0 Å². The molecule has 0 N–H and O–H groups in total. The molecule has 1 aliphatic carbocycles. The van der Waals surface area contributed by atoms with Crippen LogP contribution in [0, 0.1) is 0 Å². The number of nitrogens with zero attached hydrogens (tertiary/aromatic N) is 2. The second-order valence-electron chi connectivity index (χ2n) is 4.43. The first-order chi connectivity index (χ1) is 8.10. The molecule has 0 unspecified atom stereocenters. The number of ether oxygens (including phenoxy) is 1. The highest BCUT2D eigenvalue weighted by atomic mass is 35.5. The van der Waals surface area contributed by atoms with Gasteiger partial charge in [-0.25, -0.2) is 0 Å². The Morgan fingerprint density at radius 2 is 2.24 bits per heavy atom. The van der Waals surface area contributed by atoms with Gasteiger partial charge in [-0.15, -0.1) is 0 Å². The van der Waals surface area contributed by atoms with Gasteiger partial charge in [0.05, 0.1) is 11.2 Å². The van der Waals surface area contributed by atoms with Gasteiger partial charge in [0.25, 0.3) is 0 Å². The van der Waals surface area contributed by atoms with Gasteiger partial charge in [0.1, 0.15) is 11.3 Å². The second kappa shape index (κ2) is 4.78. The maximum atomic E-state index is 12.6. The summed E-state index contributed by atoms with van der Waals surface area (Å²) < 4.78 is 7.27. The van der Waals surface area contributed by atoms with Crippen LogP contribution in [0.1, 0.15) is 43.1 Å². The third-order valence-electron chi connectivity index (χ3n) is 3.35. The average molecular weight is 257 g/mol. The fourth-order valence-electron chi connectivity index (χ4n) is 2.54. The van der Waals surface area contributed by atoms with Crippen molar-refractivity contribution in [2.45, 2.75) is 38.2 Å². The van der Waals surface area contributed by atoms with E-state index in [1.807, 2.05) is 6.92 Å². The normalized spacial score (nSPS) is 18.5. The lowest BCUT2D eigenvalue weighted by molar-refractivity contribution is -0.0170. The molecule has 0 saturated heterocycles. The third kappa shape index (κ3) is 2.11. The van der Waals surface area contributed by atoms with E-state index in [1.54, 1.807) is 7.05 Å². The molecule has 4 nitrogen and oxygen atoms in total. The van der Waals surface area contributed by atoms with Crippen LogP contribution >= 0.6 is 11.6 Å². The maximum Gasteiger partial charge on any atom is 0.214 e. The van der Waals surface area contributed by atoms with Crippen LogP contribution in [0.25, 0.3) is 0 Å². The van der Waals surface area contributed by atoms with Crippen LogP contribution in [0.5, 0.6) is 0 Å². The van der Waals surface area contributed by atoms with Gasteiger partial charge in [-0.1, -0.05) is 11.6 Å². The van der Waals surface area contributed by atoms with E-state index in [0.29, 0.717) is 17.3 Å². The highest BCUT2D eigenvalue weighted by molar-refractivity contribution is 6.34. The largest absolute Gasteiger partial charge is 0.367 e. The van der Waals surface area contributed by atoms with Gasteiger partial charge >= 0.3 is 0 Å². The molecule has 1 fully saturated rings. The molecular formula is C12H17ClN2O2. The third-order valence-corrected chi connectivity index (χ3v) is 3.63. The van der Waals surface area contributed by atoms with Crippen molar-refractivity contribution >= 4 is 17.4 Å². The molecule has 1 saturated carbocycles. The number of carbonyl (C=O) groups excluding carboxylic acids is 1. The van der Waals surface area contributed by atoms with Gasteiger partial charge in [0.2, 0.25) is 5.78 Å². The summed E-state index contributed by atoms with van der Waals surface area (Å²) in [7, 11) is 1.73. The molecule has 0 bridgehead atoms. The minimum absolute atomic E-state index is 0.0261. The minimum atomic E-state index is -0.674. The standard InChI is InChI=1S/C12H17ClN2O2/c1-3-17-12(6-4-5-7-12)11(16)10-9(13)8-14-15(10)2/h8H,3-7H2,1-2H3. The SMILES string of the molecule is CCOC1(C(=O)c2c(Cl)cnn2C)CCCC1. The summed E-state index contributed by atoms with van der Waals surface area (Å²) in [5.41, 5.74) is -0.214. The minimum Gasteiger partial charge on any atom is -0.367 e. The Balaban J connectivity index is 2.35. The van der Waals surface area contributed by atoms with Crippen LogP contribution in [-0.2, 0) is 11.8 Å². The van der Waals surface area contributed by atoms with E-state index in [0.717, 1.165) is 25.7 Å². The van der Waals surface area contributed by atoms with Crippen LogP contribution in [0.4, 0.5) is 0 Å². The topological polar surface area (TPSA) is 44.1 Å². The molecule has 0 aliphatic heterocycles. The Labute approximate surface area is 106 Å². The summed E-state index contributed by atoms with van der Waals surface area (Å²) in [6, 6.07) is 0. The lowest BCUT2D eigenvalue weighted by Gasteiger charge is -2.27. The van der Waals surface area contributed by atoms with Gasteiger partial charge < -0.3 is 4.74 Å². The summed E-state index contributed by atoms with van der Waals surface area (Å²) in [6.07, 6.45) is 5.12. The number of aryl methyl sites for hydroxylation is 1. The molecule has 1 aromatic heterocycles. The number of halogens is 1. The van der Waals surface area contributed by atoms with Gasteiger partial charge in [-0.3, -0.25) is 9.48 Å². The quantitative estimate of drug-likeness (QED) is 0.778. The van der Waals surface area contributed by atoms with E-state index in [2.05, 4.69) is 5.10 Å². The van der Waals surface area contributed by atoms with Crippen molar-refractivity contribution in [3.05, 3.63) is 16.9 Å². The fraction of sp³-hybridized carbons (Fsp3) is 0.667. The number of aromatic nitrogens is 2. The summed E-state index contributed by atoms with van der Waals surface area (Å²) in [4.78, 5) is 12.6. The van der Waals surface area contributed by atoms with E-state index in [1.165, 1.54) is 10.9 Å². The Morgan fingerprint density at radius 3 is 2.71 bits per heavy atom. The number of Topliss-reactive ketones (excluding diaryl/α,β-unsaturated/α-hetero) is 1. The Morgan fingerprint density at radius 1 is 1.59 bits per heavy atom. The average Bonchev–Trinajstić information content (AvgIpc) is 2.88. The van der Waals surface area contributed by atoms with E-state index in [-0.39, 0.29) is 5.78 Å². The summed E-state index contributed by atoms with van der Waals surface area (Å²) in [5.74, 6) is -0.0261. The first kappa shape index (κ1) is 12.6. The molecule has 0 atom stereocenters. The zero-order valence-corrected chi connectivity index (χ0v) is 11.0. The van der Waals surface area contributed by atoms with Crippen molar-refractivity contribution in [3.63, 3.8) is 0 Å². The monoisotopic (exact) mass is 256 g/mol. The highest BCUT2D eigenvalue weighted by Crippen LogP contribution is 2.37. The number of hydrogen-bond acceptors (Lipinski definition) is 3. The molecule has 5 heteroatoms. The first-order valence-corrected chi connectivity index (χ1v) is 6.35. The van der Waals surface area contributed by atoms with Crippen molar-refractivity contribution in [2.24, 2.45) is 7.05 Å². The van der Waals surface area contributed by atoms with Gasteiger partial charge in [-0.05, 0) is 32.6 Å². The predicted octanol–water partition coefficient (Wildman–Crippen LogP) is 2.61. The molecule has 1 aliphatic rings. The zero-order chi connectivity index (χ0) is 12.5. The summed E-state index contributed by atoms with van der Waals surface area (Å²) in [6.45, 7) is 2.46. The van der Waals surface area contributed by atoms with Crippen LogP contribution in [0.2, 0.25) is 5.02 Å². The van der Waals surface area contributed by atoms with E-state index in [9.17, 15) is 4.79 Å². The molecule has 2 rings (SSSR count). The summed E-state index contributed by atoms with van der Waals surface area (Å²) >= 11 is 6.02. The Bertz CT molecular complexity index is 403. The maximum absolute atomic E-state index is 12.6. The van der Waals surface area contributed by atoms with Crippen LogP contribution < -0.4 is 0 Å². The second-order valence-corrected chi connectivity index (χ2v) is 4.84. The van der Waals surface area contributed by atoms with E-state index < -0.39 is 5.60 Å². The molecule has 1 heterocycles. The molecule has 0 spiro atoms. The fourth-order valence-corrected chi connectivity index (χ4v) is 2.79. The molecule has 1 aromatic rings. The zero-order valence-electron chi connectivity index (χ0n) is 10.2. The number of rotatable bonds is 4. The first-order valence-electron chi connectivity index (χ1n) is 5.97. The van der Waals surface area contributed by atoms with Crippen molar-refractivity contribution < 1.29 is 9.53 Å². The Kier molecular flexibility index (Phi) is 3.54. The lowest BCUT2D eigenvalue weighted by Crippen LogP contribution is -2.40. The van der Waals surface area contributed by atoms with Crippen LogP contribution in [0.3, 0.4) is 0 Å². The van der Waals surface area contributed by atoms with Gasteiger partial charge in [0, 0.05) is 13.7 Å². The molecule has 0 radical (unpaired) electrons. The van der Waals surface area contributed by atoms with E-state index in [4.69, 9.17) is 16.3 Å². The lowest BCUT2D eigenvalue weighted by atomic mass is 9.93. The van der Waals surface area contributed by atoms with Crippen molar-refractivity contribution in [3.8, 4) is 0 Å². The van der Waals surface area contributed by atoms with Crippen molar-refractivity contribution in [2.75, 3.05) is 6.61 Å². The van der Waals surface area contributed by atoms with Crippen molar-refractivity contribution in [1.29, 1.82) is 0 Å². The molecule has 0 aromatic carbocycles. The Hall–Kier alpha value is -0.870. The molecule has 17 heavy (non-hydrogen) atoms. The molecule has 0 amide bonds. The van der Waals surface area contributed by atoms with Crippen LogP contribution in [-0.4, -0.2) is 27.8 Å². The summed E-state index contributed by atoms with van der Waals surface area (Å²) in [5, 5.41) is 4.41. The molecular weight excluding hydrogens is 240 g/mol. The predicted molar refractivity (Wildman–Crippen MR) is 65.4 cm³/mol. The number of carbonyl (C=O) groups is 1. The highest BCUT2D eigenvalue weighted by Gasteiger charge is 2.44. The van der Waals surface area contributed by atoms with Crippen molar-refractivity contribution in [1.82, 2.24) is 9.78 Å². The van der Waals surface area contributed by atoms with Gasteiger partial charge in [-0.2, -0.15) is 5.10 Å². The molecule has 94 valence electrons. The van der Waals surface area contributed by atoms with E-state index >= 15 is 0 Å². The number of hydrogen-bond donors (Lipinski definition) is 0. The van der Waals surface area contributed by atoms with Crippen LogP contribution in [0.15, 0.2) is 6.20 Å². The number of ketones is 1.